The number of halogens is 1. The Morgan fingerprint density at radius 3 is 3.00 bits per heavy atom. The molecule has 8 heteroatoms. The van der Waals surface area contributed by atoms with E-state index in [0.717, 1.165) is 36.3 Å². The molecule has 1 N–H and O–H groups in total. The number of carbonyl (C=O) groups is 1. The number of rotatable bonds is 5. The lowest BCUT2D eigenvalue weighted by atomic mass is 10.1. The molecule has 6 nitrogen and oxygen atoms in total. The van der Waals surface area contributed by atoms with Gasteiger partial charge in [0.1, 0.15) is 11.6 Å². The summed E-state index contributed by atoms with van der Waals surface area (Å²) in [6.07, 6.45) is 3.55. The van der Waals surface area contributed by atoms with E-state index >= 15 is 0 Å². The van der Waals surface area contributed by atoms with Gasteiger partial charge in [-0.05, 0) is 43.9 Å². The summed E-state index contributed by atoms with van der Waals surface area (Å²) in [7, 11) is 0. The standard InChI is InChI=1S/C19H21FN4O2S/c1-12-16-13(20)6-4-7-14(16)27-17(12)18(25)21-9-5-11-24-19(26)23-10-3-2-8-15(23)22-24/h4,6-7H,2-3,5,8-11H2,1H3,(H,21,25). The summed E-state index contributed by atoms with van der Waals surface area (Å²) in [6, 6.07) is 4.88. The molecule has 0 aliphatic carbocycles. The Morgan fingerprint density at radius 1 is 1.37 bits per heavy atom. The van der Waals surface area contributed by atoms with Gasteiger partial charge in [0, 0.05) is 36.1 Å². The quantitative estimate of drug-likeness (QED) is 0.684. The van der Waals surface area contributed by atoms with Crippen molar-refractivity contribution in [2.45, 2.75) is 45.7 Å². The van der Waals surface area contributed by atoms with Crippen LogP contribution < -0.4 is 11.0 Å². The van der Waals surface area contributed by atoms with Crippen LogP contribution in [0.2, 0.25) is 0 Å². The molecular weight excluding hydrogens is 367 g/mol. The normalized spacial score (nSPS) is 13.7. The first-order chi connectivity index (χ1) is 13.1. The molecule has 142 valence electrons. The van der Waals surface area contributed by atoms with Crippen LogP contribution in [0.3, 0.4) is 0 Å². The molecule has 0 unspecified atom stereocenters. The molecule has 1 aliphatic rings. The van der Waals surface area contributed by atoms with Gasteiger partial charge in [-0.2, -0.15) is 5.10 Å². The molecule has 0 fully saturated rings. The van der Waals surface area contributed by atoms with Gasteiger partial charge >= 0.3 is 5.69 Å². The third-order valence-electron chi connectivity index (χ3n) is 4.97. The van der Waals surface area contributed by atoms with E-state index in [2.05, 4.69) is 10.4 Å². The molecule has 0 radical (unpaired) electrons. The number of benzene rings is 1. The van der Waals surface area contributed by atoms with Crippen molar-refractivity contribution >= 4 is 27.3 Å². The van der Waals surface area contributed by atoms with Crippen LogP contribution in [0, 0.1) is 12.7 Å². The van der Waals surface area contributed by atoms with Crippen LogP contribution in [0.15, 0.2) is 23.0 Å². The Hall–Kier alpha value is -2.48. The van der Waals surface area contributed by atoms with E-state index < -0.39 is 0 Å². The first-order valence-electron chi connectivity index (χ1n) is 9.18. The third kappa shape index (κ3) is 3.29. The second kappa shape index (κ2) is 7.26. The van der Waals surface area contributed by atoms with E-state index in [-0.39, 0.29) is 17.4 Å². The first kappa shape index (κ1) is 17.9. The number of nitrogens with zero attached hydrogens (tertiary/aromatic N) is 3. The number of carbonyl (C=O) groups excluding carboxylic acids is 1. The second-order valence-corrected chi connectivity index (χ2v) is 7.86. The van der Waals surface area contributed by atoms with Gasteiger partial charge in [0.2, 0.25) is 0 Å². The van der Waals surface area contributed by atoms with Gasteiger partial charge in [0.25, 0.3) is 5.91 Å². The molecule has 1 amide bonds. The van der Waals surface area contributed by atoms with Crippen LogP contribution in [0.5, 0.6) is 0 Å². The van der Waals surface area contributed by atoms with Crippen LogP contribution in [0.1, 0.15) is 40.3 Å². The molecule has 27 heavy (non-hydrogen) atoms. The highest BCUT2D eigenvalue weighted by Crippen LogP contribution is 2.32. The van der Waals surface area contributed by atoms with E-state index in [9.17, 15) is 14.0 Å². The summed E-state index contributed by atoms with van der Waals surface area (Å²) >= 11 is 1.30. The Bertz CT molecular complexity index is 1070. The monoisotopic (exact) mass is 388 g/mol. The molecule has 3 aromatic rings. The fourth-order valence-electron chi connectivity index (χ4n) is 3.58. The minimum atomic E-state index is -0.302. The summed E-state index contributed by atoms with van der Waals surface area (Å²) in [4.78, 5) is 25.3. The Labute approximate surface area is 159 Å². The third-order valence-corrected chi connectivity index (χ3v) is 6.23. The van der Waals surface area contributed by atoms with E-state index in [0.29, 0.717) is 35.3 Å². The molecule has 0 saturated heterocycles. The summed E-state index contributed by atoms with van der Waals surface area (Å²) in [5.41, 5.74) is 0.607. The number of aryl methyl sites for hydroxylation is 3. The lowest BCUT2D eigenvalue weighted by molar-refractivity contribution is 0.0956. The molecule has 0 atom stereocenters. The summed E-state index contributed by atoms with van der Waals surface area (Å²) in [5.74, 6) is 0.353. The van der Waals surface area contributed by atoms with E-state index in [1.165, 1.54) is 22.1 Å². The fourth-order valence-corrected chi connectivity index (χ4v) is 4.71. The number of hydrogen-bond donors (Lipinski definition) is 1. The number of aromatic nitrogens is 3. The van der Waals surface area contributed by atoms with E-state index in [1.807, 2.05) is 6.07 Å². The Balaban J connectivity index is 1.38. The predicted molar refractivity (Wildman–Crippen MR) is 103 cm³/mol. The first-order valence-corrected chi connectivity index (χ1v) is 10.00. The lowest BCUT2D eigenvalue weighted by Crippen LogP contribution is -2.29. The maximum atomic E-state index is 14.0. The number of thiophene rings is 1. The van der Waals surface area contributed by atoms with Gasteiger partial charge in [0.05, 0.1) is 4.88 Å². The number of amides is 1. The second-order valence-electron chi connectivity index (χ2n) is 6.81. The molecule has 0 spiro atoms. The summed E-state index contributed by atoms with van der Waals surface area (Å²) in [6.45, 7) is 3.42. The lowest BCUT2D eigenvalue weighted by Gasteiger charge is -2.09. The highest BCUT2D eigenvalue weighted by Gasteiger charge is 2.18. The SMILES string of the molecule is Cc1c(C(=O)NCCCn2nc3n(c2=O)CCCC3)sc2cccc(F)c12. The minimum Gasteiger partial charge on any atom is -0.351 e. The molecule has 1 aromatic carbocycles. The predicted octanol–water partition coefficient (Wildman–Crippen LogP) is 2.86. The zero-order valence-electron chi connectivity index (χ0n) is 15.1. The Morgan fingerprint density at radius 2 is 2.22 bits per heavy atom. The summed E-state index contributed by atoms with van der Waals surface area (Å²) in [5, 5.41) is 7.78. The van der Waals surface area contributed by atoms with Gasteiger partial charge < -0.3 is 5.32 Å². The van der Waals surface area contributed by atoms with E-state index in [4.69, 9.17) is 0 Å². The van der Waals surface area contributed by atoms with Gasteiger partial charge in [-0.15, -0.1) is 11.3 Å². The Kier molecular flexibility index (Phi) is 4.82. The molecule has 4 rings (SSSR count). The average molecular weight is 388 g/mol. The molecule has 3 heterocycles. The van der Waals surface area contributed by atoms with Crippen molar-refractivity contribution in [2.75, 3.05) is 6.54 Å². The molecule has 2 aromatic heterocycles. The van der Waals surface area contributed by atoms with Gasteiger partial charge in [-0.25, -0.2) is 13.9 Å². The minimum absolute atomic E-state index is 0.0631. The highest BCUT2D eigenvalue weighted by atomic mass is 32.1. The van der Waals surface area contributed by atoms with Crippen molar-refractivity contribution in [3.05, 3.63) is 50.8 Å². The maximum absolute atomic E-state index is 14.0. The zero-order valence-corrected chi connectivity index (χ0v) is 15.9. The van der Waals surface area contributed by atoms with Crippen molar-refractivity contribution < 1.29 is 9.18 Å². The smallest absolute Gasteiger partial charge is 0.345 e. The largest absolute Gasteiger partial charge is 0.351 e. The van der Waals surface area contributed by atoms with E-state index in [1.54, 1.807) is 17.6 Å². The van der Waals surface area contributed by atoms with Crippen molar-refractivity contribution in [1.82, 2.24) is 19.7 Å². The molecule has 0 bridgehead atoms. The maximum Gasteiger partial charge on any atom is 0.345 e. The highest BCUT2D eigenvalue weighted by molar-refractivity contribution is 7.21. The van der Waals surface area contributed by atoms with Gasteiger partial charge in [0.15, 0.2) is 0 Å². The number of nitrogens with one attached hydrogen (secondary N) is 1. The molecule has 1 aliphatic heterocycles. The zero-order chi connectivity index (χ0) is 19.0. The topological polar surface area (TPSA) is 68.9 Å². The van der Waals surface area contributed by atoms with Crippen molar-refractivity contribution in [1.29, 1.82) is 0 Å². The molecular formula is C19H21FN4O2S. The number of fused-ring (bicyclic) bond motifs is 2. The average Bonchev–Trinajstić information content (AvgIpc) is 3.17. The number of hydrogen-bond acceptors (Lipinski definition) is 4. The fraction of sp³-hybridized carbons (Fsp3) is 0.421. The van der Waals surface area contributed by atoms with Crippen LogP contribution >= 0.6 is 11.3 Å². The van der Waals surface area contributed by atoms with Crippen LogP contribution in [0.25, 0.3) is 10.1 Å². The van der Waals surface area contributed by atoms with Crippen LogP contribution in [-0.4, -0.2) is 26.8 Å². The van der Waals surface area contributed by atoms with Crippen molar-refractivity contribution in [3.8, 4) is 0 Å². The van der Waals surface area contributed by atoms with Gasteiger partial charge in [-0.1, -0.05) is 6.07 Å². The summed E-state index contributed by atoms with van der Waals surface area (Å²) < 4.78 is 18.0. The van der Waals surface area contributed by atoms with Crippen molar-refractivity contribution in [2.24, 2.45) is 0 Å². The molecule has 0 saturated carbocycles. The van der Waals surface area contributed by atoms with Crippen LogP contribution in [0.4, 0.5) is 4.39 Å². The van der Waals surface area contributed by atoms with Crippen molar-refractivity contribution in [3.63, 3.8) is 0 Å². The van der Waals surface area contributed by atoms with Gasteiger partial charge in [-0.3, -0.25) is 9.36 Å². The van der Waals surface area contributed by atoms with Crippen LogP contribution in [-0.2, 0) is 19.5 Å².